The maximum absolute atomic E-state index is 12.5. The fraction of sp³-hybridized carbons (Fsp3) is 0.812. The lowest BCUT2D eigenvalue weighted by Gasteiger charge is -2.29. The van der Waals surface area contributed by atoms with Gasteiger partial charge in [0.15, 0.2) is 0 Å². The van der Waals surface area contributed by atoms with Crippen LogP contribution in [0, 0.1) is 11.8 Å². The Labute approximate surface area is 125 Å². The number of halogens is 3. The average molecular weight is 308 g/mol. The Kier molecular flexibility index (Phi) is 8.67. The van der Waals surface area contributed by atoms with Gasteiger partial charge in [0.05, 0.1) is 0 Å². The highest BCUT2D eigenvalue weighted by Crippen LogP contribution is 2.29. The fourth-order valence-corrected chi connectivity index (χ4v) is 2.43. The van der Waals surface area contributed by atoms with Crippen molar-refractivity contribution in [3.05, 3.63) is 12.2 Å². The number of ether oxygens (including phenoxy) is 1. The van der Waals surface area contributed by atoms with Gasteiger partial charge in [0, 0.05) is 0 Å². The second kappa shape index (κ2) is 9.11. The molecule has 0 saturated carbocycles. The highest BCUT2D eigenvalue weighted by molar-refractivity contribution is 5.89. The zero-order valence-corrected chi connectivity index (χ0v) is 13.4. The molecule has 0 aliphatic heterocycles. The van der Waals surface area contributed by atoms with E-state index in [1.54, 1.807) is 0 Å². The van der Waals surface area contributed by atoms with Gasteiger partial charge < -0.3 is 4.74 Å². The molecular weight excluding hydrogens is 281 g/mol. The molecule has 21 heavy (non-hydrogen) atoms. The molecule has 0 N–H and O–H groups in total. The molecule has 0 aromatic carbocycles. The molecule has 0 rings (SSSR count). The zero-order chi connectivity index (χ0) is 16.6. The Morgan fingerprint density at radius 2 is 1.52 bits per heavy atom. The van der Waals surface area contributed by atoms with Crippen molar-refractivity contribution < 1.29 is 22.7 Å². The van der Waals surface area contributed by atoms with E-state index in [-0.39, 0.29) is 5.92 Å². The molecule has 0 spiro atoms. The van der Waals surface area contributed by atoms with Gasteiger partial charge in [0.25, 0.3) is 0 Å². The van der Waals surface area contributed by atoms with E-state index in [9.17, 15) is 18.0 Å². The van der Waals surface area contributed by atoms with E-state index in [0.29, 0.717) is 12.3 Å². The largest absolute Gasteiger partial charge is 0.458 e. The predicted molar refractivity (Wildman–Crippen MR) is 77.8 cm³/mol. The van der Waals surface area contributed by atoms with Crippen LogP contribution in [0.4, 0.5) is 13.2 Å². The highest BCUT2D eigenvalue weighted by atomic mass is 19.4. The molecule has 5 heteroatoms. The van der Waals surface area contributed by atoms with Gasteiger partial charge in [-0.15, -0.1) is 0 Å². The summed E-state index contributed by atoms with van der Waals surface area (Å²) < 4.78 is 42.7. The van der Waals surface area contributed by atoms with E-state index in [1.807, 2.05) is 27.7 Å². The minimum Gasteiger partial charge on any atom is -0.458 e. The van der Waals surface area contributed by atoms with E-state index >= 15 is 0 Å². The van der Waals surface area contributed by atoms with Crippen LogP contribution in [0.1, 0.15) is 59.8 Å². The van der Waals surface area contributed by atoms with Crippen LogP contribution in [-0.4, -0.2) is 18.2 Å². The molecule has 124 valence electrons. The number of carbonyl (C=O) groups is 1. The molecule has 0 saturated heterocycles. The van der Waals surface area contributed by atoms with Crippen molar-refractivity contribution >= 4 is 5.97 Å². The molecule has 0 aliphatic carbocycles. The zero-order valence-electron chi connectivity index (χ0n) is 13.4. The van der Waals surface area contributed by atoms with Crippen LogP contribution in [0.2, 0.25) is 0 Å². The smallest absolute Gasteiger partial charge is 0.422 e. The van der Waals surface area contributed by atoms with Gasteiger partial charge in [-0.1, -0.05) is 47.1 Å². The third-order valence-electron chi connectivity index (χ3n) is 4.14. The highest BCUT2D eigenvalue weighted by Gasteiger charge is 2.39. The normalized spacial score (nSPS) is 13.6. The van der Waals surface area contributed by atoms with Crippen molar-refractivity contribution in [3.63, 3.8) is 0 Å². The summed E-state index contributed by atoms with van der Waals surface area (Å²) in [5.74, 6) is -0.913. The number of hydrogen-bond donors (Lipinski definition) is 0. The van der Waals surface area contributed by atoms with Crippen LogP contribution in [0.15, 0.2) is 12.2 Å². The summed E-state index contributed by atoms with van der Waals surface area (Å²) >= 11 is 0. The lowest BCUT2D eigenvalue weighted by atomic mass is 9.87. The van der Waals surface area contributed by atoms with Gasteiger partial charge in [0.2, 0.25) is 0 Å². The van der Waals surface area contributed by atoms with Crippen molar-refractivity contribution in [1.82, 2.24) is 0 Å². The summed E-state index contributed by atoms with van der Waals surface area (Å²) in [6.45, 7) is 10.8. The summed E-state index contributed by atoms with van der Waals surface area (Å²) in [5.41, 5.74) is -1.43. The summed E-state index contributed by atoms with van der Waals surface area (Å²) in [7, 11) is 0. The Bertz CT molecular complexity index is 329. The van der Waals surface area contributed by atoms with Crippen molar-refractivity contribution in [1.29, 1.82) is 0 Å². The third-order valence-corrected chi connectivity index (χ3v) is 4.14. The van der Waals surface area contributed by atoms with Crippen LogP contribution in [0.3, 0.4) is 0 Å². The SMILES string of the molecule is C=C(C(=O)OC(CC(CC)CC)C(CC)CC)C(F)(F)F. The monoisotopic (exact) mass is 308 g/mol. The van der Waals surface area contributed by atoms with E-state index in [1.165, 1.54) is 0 Å². The third kappa shape index (κ3) is 6.53. The minimum atomic E-state index is -4.73. The molecule has 1 unspecified atom stereocenters. The van der Waals surface area contributed by atoms with Gasteiger partial charge in [-0.2, -0.15) is 13.2 Å². The molecule has 0 aromatic rings. The van der Waals surface area contributed by atoms with E-state index in [2.05, 4.69) is 6.58 Å². The second-order valence-corrected chi connectivity index (χ2v) is 5.41. The van der Waals surface area contributed by atoms with E-state index in [0.717, 1.165) is 25.7 Å². The summed E-state index contributed by atoms with van der Waals surface area (Å²) in [4.78, 5) is 11.7. The summed E-state index contributed by atoms with van der Waals surface area (Å²) in [5, 5.41) is 0. The molecule has 0 aliphatic rings. The number of alkyl halides is 3. The molecule has 0 bridgehead atoms. The molecule has 0 amide bonds. The van der Waals surface area contributed by atoms with Crippen LogP contribution in [0.5, 0.6) is 0 Å². The molecule has 2 nitrogen and oxygen atoms in total. The lowest BCUT2D eigenvalue weighted by molar-refractivity contribution is -0.159. The first-order valence-electron chi connectivity index (χ1n) is 7.68. The standard InChI is InChI=1S/C16H27F3O2/c1-6-12(7-2)10-14(13(8-3)9-4)21-15(20)11(5)16(17,18)19/h12-14H,5-10H2,1-4H3. The first kappa shape index (κ1) is 20.0. The first-order chi connectivity index (χ1) is 9.70. The molecule has 1 atom stereocenters. The Morgan fingerprint density at radius 3 is 1.86 bits per heavy atom. The van der Waals surface area contributed by atoms with Gasteiger partial charge >= 0.3 is 12.1 Å². The van der Waals surface area contributed by atoms with Crippen LogP contribution < -0.4 is 0 Å². The maximum atomic E-state index is 12.5. The Balaban J connectivity index is 4.97. The fourth-order valence-electron chi connectivity index (χ4n) is 2.43. The summed E-state index contributed by atoms with van der Waals surface area (Å²) in [6.07, 6.45) is -1.21. The minimum absolute atomic E-state index is 0.0792. The van der Waals surface area contributed by atoms with Crippen LogP contribution in [0.25, 0.3) is 0 Å². The van der Waals surface area contributed by atoms with E-state index < -0.39 is 23.8 Å². The maximum Gasteiger partial charge on any atom is 0.422 e. The van der Waals surface area contributed by atoms with Crippen molar-refractivity contribution in [3.8, 4) is 0 Å². The van der Waals surface area contributed by atoms with Gasteiger partial charge in [-0.3, -0.25) is 0 Å². The van der Waals surface area contributed by atoms with E-state index in [4.69, 9.17) is 4.74 Å². The van der Waals surface area contributed by atoms with Crippen LogP contribution in [-0.2, 0) is 9.53 Å². The molecule has 0 heterocycles. The van der Waals surface area contributed by atoms with Gasteiger partial charge in [-0.05, 0) is 31.1 Å². The molecular formula is C16H27F3O2. The van der Waals surface area contributed by atoms with Crippen molar-refractivity contribution in [2.45, 2.75) is 72.1 Å². The quantitative estimate of drug-likeness (QED) is 0.428. The first-order valence-corrected chi connectivity index (χ1v) is 7.68. The van der Waals surface area contributed by atoms with Gasteiger partial charge in [0.1, 0.15) is 11.7 Å². The predicted octanol–water partition coefficient (Wildman–Crippen LogP) is 5.28. The molecule has 0 aromatic heterocycles. The number of rotatable bonds is 9. The summed E-state index contributed by atoms with van der Waals surface area (Å²) in [6, 6.07) is 0. The van der Waals surface area contributed by atoms with Crippen LogP contribution >= 0.6 is 0 Å². The van der Waals surface area contributed by atoms with Crippen molar-refractivity contribution in [2.75, 3.05) is 0 Å². The molecule has 0 fully saturated rings. The van der Waals surface area contributed by atoms with Crippen molar-refractivity contribution in [2.24, 2.45) is 11.8 Å². The second-order valence-electron chi connectivity index (χ2n) is 5.41. The average Bonchev–Trinajstić information content (AvgIpc) is 2.43. The Hall–Kier alpha value is -1.00. The molecule has 0 radical (unpaired) electrons. The lowest BCUT2D eigenvalue weighted by Crippen LogP contribution is -2.32. The number of carbonyl (C=O) groups excluding carboxylic acids is 1. The number of hydrogen-bond acceptors (Lipinski definition) is 2. The number of esters is 1. The topological polar surface area (TPSA) is 26.3 Å². The Morgan fingerprint density at radius 1 is 1.05 bits per heavy atom. The van der Waals surface area contributed by atoms with Gasteiger partial charge in [-0.25, -0.2) is 4.79 Å².